The van der Waals surface area contributed by atoms with E-state index in [0.717, 1.165) is 0 Å². The molecule has 6 heteroatoms. The predicted molar refractivity (Wildman–Crippen MR) is 69.4 cm³/mol. The molecule has 4 nitrogen and oxygen atoms in total. The molecule has 92 valence electrons. The maximum Gasteiger partial charge on any atom is 0.498 e. The van der Waals surface area contributed by atoms with Gasteiger partial charge in [-0.3, -0.25) is 4.98 Å². The van der Waals surface area contributed by atoms with E-state index in [1.807, 2.05) is 27.7 Å². The monoisotopic (exact) mass is 254 g/mol. The Morgan fingerprint density at radius 2 is 1.71 bits per heavy atom. The third-order valence-corrected chi connectivity index (χ3v) is 3.78. The summed E-state index contributed by atoms with van der Waals surface area (Å²) < 4.78 is 11.8. The number of halogens is 1. The van der Waals surface area contributed by atoms with Crippen LogP contribution in [0.1, 0.15) is 27.7 Å². The molecule has 0 aliphatic carbocycles. The van der Waals surface area contributed by atoms with E-state index in [-0.39, 0.29) is 0 Å². The van der Waals surface area contributed by atoms with Gasteiger partial charge in [-0.1, -0.05) is 11.6 Å². The summed E-state index contributed by atoms with van der Waals surface area (Å²) in [6, 6.07) is 0. The molecule has 1 saturated heterocycles. The first kappa shape index (κ1) is 12.7. The molecule has 0 spiro atoms. The standard InChI is InChI=1S/C11H16BClN2O2/c1-10(2)11(3,4)17-12(16-10)7-5-15-6-8(13)9(7)14/h5-6H,1-4H3,(H2,14,15). The SMILES string of the molecule is CC1(C)OB(c2cncc(Cl)c2N)OC1(C)C. The van der Waals surface area contributed by atoms with Gasteiger partial charge in [-0.05, 0) is 27.7 Å². The van der Waals surface area contributed by atoms with E-state index >= 15 is 0 Å². The molecule has 0 unspecified atom stereocenters. The molecular weight excluding hydrogens is 238 g/mol. The smallest absolute Gasteiger partial charge is 0.399 e. The van der Waals surface area contributed by atoms with Crippen LogP contribution in [-0.2, 0) is 9.31 Å². The van der Waals surface area contributed by atoms with E-state index < -0.39 is 18.3 Å². The van der Waals surface area contributed by atoms with Gasteiger partial charge < -0.3 is 15.0 Å². The predicted octanol–water partition coefficient (Wildman–Crippen LogP) is 1.62. The number of anilines is 1. The summed E-state index contributed by atoms with van der Waals surface area (Å²) in [4.78, 5) is 4.01. The molecule has 2 heterocycles. The molecule has 0 aromatic carbocycles. The molecule has 0 atom stereocenters. The number of hydrogen-bond donors (Lipinski definition) is 1. The zero-order valence-corrected chi connectivity index (χ0v) is 11.2. The number of aromatic nitrogens is 1. The van der Waals surface area contributed by atoms with E-state index in [1.165, 1.54) is 6.20 Å². The zero-order valence-electron chi connectivity index (χ0n) is 10.5. The number of nitrogens with two attached hydrogens (primary N) is 1. The Bertz CT molecular complexity index is 435. The molecule has 1 fully saturated rings. The van der Waals surface area contributed by atoms with Crippen molar-refractivity contribution in [2.45, 2.75) is 38.9 Å². The lowest BCUT2D eigenvalue weighted by atomic mass is 9.79. The Balaban J connectivity index is 2.36. The van der Waals surface area contributed by atoms with Gasteiger partial charge in [-0.15, -0.1) is 0 Å². The maximum absolute atomic E-state index is 5.94. The van der Waals surface area contributed by atoms with Crippen LogP contribution in [0, 0.1) is 0 Å². The molecule has 0 bridgehead atoms. The molecule has 1 aromatic heterocycles. The Morgan fingerprint density at radius 3 is 2.24 bits per heavy atom. The maximum atomic E-state index is 5.94. The first-order valence-electron chi connectivity index (χ1n) is 5.49. The van der Waals surface area contributed by atoms with Gasteiger partial charge in [0.2, 0.25) is 0 Å². The van der Waals surface area contributed by atoms with Crippen molar-refractivity contribution in [2.24, 2.45) is 0 Å². The summed E-state index contributed by atoms with van der Waals surface area (Å²) in [5, 5.41) is 0.414. The molecule has 2 rings (SSSR count). The van der Waals surface area contributed by atoms with Crippen LogP contribution in [0.25, 0.3) is 0 Å². The highest BCUT2D eigenvalue weighted by Gasteiger charge is 2.52. The molecule has 1 aromatic rings. The van der Waals surface area contributed by atoms with Crippen molar-refractivity contribution in [1.29, 1.82) is 0 Å². The highest BCUT2D eigenvalue weighted by Crippen LogP contribution is 2.37. The van der Waals surface area contributed by atoms with Crippen LogP contribution >= 0.6 is 11.6 Å². The van der Waals surface area contributed by atoms with Gasteiger partial charge in [0.05, 0.1) is 21.9 Å². The largest absolute Gasteiger partial charge is 0.498 e. The lowest BCUT2D eigenvalue weighted by Crippen LogP contribution is -2.41. The van der Waals surface area contributed by atoms with Crippen molar-refractivity contribution in [1.82, 2.24) is 4.98 Å². The summed E-state index contributed by atoms with van der Waals surface area (Å²) in [6.07, 6.45) is 3.13. The van der Waals surface area contributed by atoms with E-state index in [0.29, 0.717) is 16.2 Å². The third kappa shape index (κ3) is 2.03. The summed E-state index contributed by atoms with van der Waals surface area (Å²) in [5.74, 6) is 0. The minimum Gasteiger partial charge on any atom is -0.399 e. The summed E-state index contributed by atoms with van der Waals surface area (Å²) in [6.45, 7) is 7.95. The fourth-order valence-electron chi connectivity index (χ4n) is 1.62. The first-order chi connectivity index (χ1) is 7.74. The second-order valence-corrected chi connectivity index (χ2v) is 5.62. The lowest BCUT2D eigenvalue weighted by Gasteiger charge is -2.32. The van der Waals surface area contributed by atoms with Crippen LogP contribution in [0.3, 0.4) is 0 Å². The van der Waals surface area contributed by atoms with Gasteiger partial charge in [-0.2, -0.15) is 0 Å². The third-order valence-electron chi connectivity index (χ3n) is 3.48. The second kappa shape index (κ2) is 3.87. The average molecular weight is 255 g/mol. The van der Waals surface area contributed by atoms with Crippen LogP contribution in [-0.4, -0.2) is 23.3 Å². The Morgan fingerprint density at radius 1 is 1.18 bits per heavy atom. The number of pyridine rings is 1. The van der Waals surface area contributed by atoms with Crippen molar-refractivity contribution in [3.05, 3.63) is 17.4 Å². The van der Waals surface area contributed by atoms with Gasteiger partial charge >= 0.3 is 7.12 Å². The van der Waals surface area contributed by atoms with Crippen LogP contribution in [0.5, 0.6) is 0 Å². The van der Waals surface area contributed by atoms with Crippen molar-refractivity contribution in [3.63, 3.8) is 0 Å². The van der Waals surface area contributed by atoms with E-state index in [4.69, 9.17) is 26.6 Å². The van der Waals surface area contributed by atoms with Crippen molar-refractivity contribution in [2.75, 3.05) is 5.73 Å². The van der Waals surface area contributed by atoms with Crippen LogP contribution in [0.4, 0.5) is 5.69 Å². The Hall–Kier alpha value is -0.775. The summed E-state index contributed by atoms with van der Waals surface area (Å²) in [5.41, 5.74) is 6.25. The van der Waals surface area contributed by atoms with Gasteiger partial charge in [0, 0.05) is 17.9 Å². The normalized spacial score (nSPS) is 21.8. The molecule has 0 amide bonds. The van der Waals surface area contributed by atoms with Crippen molar-refractivity contribution < 1.29 is 9.31 Å². The molecule has 1 aliphatic rings. The second-order valence-electron chi connectivity index (χ2n) is 5.21. The molecule has 1 aliphatic heterocycles. The van der Waals surface area contributed by atoms with E-state index in [2.05, 4.69) is 4.98 Å². The number of hydrogen-bond acceptors (Lipinski definition) is 4. The van der Waals surface area contributed by atoms with Crippen LogP contribution in [0.2, 0.25) is 5.02 Å². The van der Waals surface area contributed by atoms with Crippen LogP contribution in [0.15, 0.2) is 12.4 Å². The van der Waals surface area contributed by atoms with Crippen LogP contribution < -0.4 is 11.2 Å². The first-order valence-corrected chi connectivity index (χ1v) is 5.87. The van der Waals surface area contributed by atoms with E-state index in [9.17, 15) is 0 Å². The topological polar surface area (TPSA) is 57.4 Å². The minimum atomic E-state index is -0.522. The lowest BCUT2D eigenvalue weighted by molar-refractivity contribution is 0.00578. The molecule has 17 heavy (non-hydrogen) atoms. The fraction of sp³-hybridized carbons (Fsp3) is 0.545. The summed E-state index contributed by atoms with van der Waals surface area (Å²) >= 11 is 5.94. The van der Waals surface area contributed by atoms with Gasteiger partial charge in [0.25, 0.3) is 0 Å². The van der Waals surface area contributed by atoms with Gasteiger partial charge in [0.15, 0.2) is 0 Å². The fourth-order valence-corrected chi connectivity index (χ4v) is 1.78. The minimum absolute atomic E-state index is 0.396. The molecule has 0 radical (unpaired) electrons. The average Bonchev–Trinajstić information content (AvgIpc) is 2.40. The number of rotatable bonds is 1. The van der Waals surface area contributed by atoms with Crippen molar-refractivity contribution in [3.8, 4) is 0 Å². The van der Waals surface area contributed by atoms with Gasteiger partial charge in [0.1, 0.15) is 0 Å². The highest BCUT2D eigenvalue weighted by molar-refractivity contribution is 6.64. The zero-order chi connectivity index (χ0) is 12.8. The number of nitrogens with zero attached hydrogens (tertiary/aromatic N) is 1. The Labute approximate surface area is 107 Å². The highest BCUT2D eigenvalue weighted by atomic mass is 35.5. The quantitative estimate of drug-likeness (QED) is 0.774. The summed E-state index contributed by atoms with van der Waals surface area (Å²) in [7, 11) is -0.522. The number of nitrogen functional groups attached to an aromatic ring is 1. The van der Waals surface area contributed by atoms with E-state index in [1.54, 1.807) is 6.20 Å². The molecular formula is C11H16BClN2O2. The molecule has 0 saturated carbocycles. The molecule has 2 N–H and O–H groups in total. The Kier molecular flexibility index (Phi) is 2.88. The van der Waals surface area contributed by atoms with Crippen molar-refractivity contribution >= 4 is 29.9 Å². The van der Waals surface area contributed by atoms with Gasteiger partial charge in [-0.25, -0.2) is 0 Å².